The number of hydrogen-bond donors (Lipinski definition) is 1. The van der Waals surface area contributed by atoms with Crippen LogP contribution in [0.5, 0.6) is 0 Å². The van der Waals surface area contributed by atoms with E-state index in [4.69, 9.17) is 4.74 Å². The number of nitrogens with zero attached hydrogens (tertiary/aromatic N) is 1. The van der Waals surface area contributed by atoms with Gasteiger partial charge in [0.2, 0.25) is 0 Å². The summed E-state index contributed by atoms with van der Waals surface area (Å²) >= 11 is 0. The number of rotatable bonds is 2. The number of nitrogens with one attached hydrogen (secondary N) is 1. The molecule has 2 saturated heterocycles. The Morgan fingerprint density at radius 2 is 1.89 bits per heavy atom. The third-order valence-electron chi connectivity index (χ3n) is 3.22. The molecule has 1 atom stereocenters. The molecule has 0 aromatic heterocycles. The minimum absolute atomic E-state index is 0.0496. The molecule has 0 aromatic carbocycles. The Kier molecular flexibility index (Phi) is 3.79. The van der Waals surface area contributed by atoms with Crippen molar-refractivity contribution in [1.29, 1.82) is 0 Å². The van der Waals surface area contributed by atoms with Crippen LogP contribution in [0.15, 0.2) is 0 Å². The largest absolute Gasteiger partial charge is 0.444 e. The highest BCUT2D eigenvalue weighted by molar-refractivity contribution is 7.92. The van der Waals surface area contributed by atoms with Crippen molar-refractivity contribution >= 4 is 15.9 Å². The number of ether oxygens (including phenoxy) is 1. The molecule has 2 heterocycles. The summed E-state index contributed by atoms with van der Waals surface area (Å²) in [6.07, 6.45) is 0.550. The van der Waals surface area contributed by atoms with E-state index in [1.54, 1.807) is 4.90 Å². The van der Waals surface area contributed by atoms with E-state index in [1.165, 1.54) is 0 Å². The van der Waals surface area contributed by atoms with E-state index in [9.17, 15) is 13.2 Å². The molecule has 7 heteroatoms. The number of sulfone groups is 1. The Bertz CT molecular complexity index is 443. The van der Waals surface area contributed by atoms with Gasteiger partial charge in [-0.2, -0.15) is 0 Å². The molecule has 0 spiro atoms. The highest BCUT2D eigenvalue weighted by Gasteiger charge is 2.37. The molecule has 0 aliphatic carbocycles. The predicted octanol–water partition coefficient (Wildman–Crippen LogP) is 0.382. The van der Waals surface area contributed by atoms with E-state index in [0.29, 0.717) is 13.1 Å². The number of hydrogen-bond acceptors (Lipinski definition) is 5. The first kappa shape index (κ1) is 14.6. The lowest BCUT2D eigenvalue weighted by molar-refractivity contribution is 0.0290. The number of carbonyl (C=O) groups is 1. The highest BCUT2D eigenvalue weighted by Crippen LogP contribution is 2.18. The number of carbonyl (C=O) groups excluding carboxylic acids is 1. The lowest BCUT2D eigenvalue weighted by Gasteiger charge is -2.30. The average molecular weight is 290 g/mol. The Labute approximate surface area is 114 Å². The Hall–Kier alpha value is -0.820. The molecular formula is C12H22N2O4S. The van der Waals surface area contributed by atoms with E-state index in [1.807, 2.05) is 20.8 Å². The molecule has 0 aromatic rings. The average Bonchev–Trinajstić information content (AvgIpc) is 2.60. The summed E-state index contributed by atoms with van der Waals surface area (Å²) in [6, 6.07) is 0.224. The second-order valence-corrected chi connectivity index (χ2v) is 8.51. The van der Waals surface area contributed by atoms with Gasteiger partial charge >= 0.3 is 6.09 Å². The van der Waals surface area contributed by atoms with Crippen molar-refractivity contribution in [2.24, 2.45) is 0 Å². The van der Waals surface area contributed by atoms with Crippen molar-refractivity contribution in [3.05, 3.63) is 0 Å². The fourth-order valence-corrected chi connectivity index (χ4v) is 3.70. The van der Waals surface area contributed by atoms with Gasteiger partial charge in [-0.05, 0) is 27.2 Å². The summed E-state index contributed by atoms with van der Waals surface area (Å²) in [5, 5.41) is 3.29. The predicted molar refractivity (Wildman–Crippen MR) is 71.8 cm³/mol. The Balaban J connectivity index is 1.76. The SMILES string of the molecule is CC(C)(C)OC(=O)N1CCC(NC2CS(=O)(=O)C2)C1. The lowest BCUT2D eigenvalue weighted by Crippen LogP contribution is -2.54. The Morgan fingerprint density at radius 1 is 1.26 bits per heavy atom. The highest BCUT2D eigenvalue weighted by atomic mass is 32.2. The third-order valence-corrected chi connectivity index (χ3v) is 5.04. The van der Waals surface area contributed by atoms with Gasteiger partial charge in [-0.15, -0.1) is 0 Å². The van der Waals surface area contributed by atoms with Gasteiger partial charge in [0.15, 0.2) is 9.84 Å². The van der Waals surface area contributed by atoms with Crippen molar-refractivity contribution in [3.8, 4) is 0 Å². The molecule has 2 aliphatic heterocycles. The molecule has 2 fully saturated rings. The topological polar surface area (TPSA) is 75.7 Å². The summed E-state index contributed by atoms with van der Waals surface area (Å²) in [5.74, 6) is 0.436. The van der Waals surface area contributed by atoms with Crippen LogP contribution >= 0.6 is 0 Å². The maximum absolute atomic E-state index is 11.9. The summed E-state index contributed by atoms with van der Waals surface area (Å²) < 4.78 is 27.5. The Morgan fingerprint density at radius 3 is 2.42 bits per heavy atom. The molecule has 1 unspecified atom stereocenters. The standard InChI is InChI=1S/C12H22N2O4S/c1-12(2,3)18-11(15)14-5-4-9(6-14)13-10-7-19(16,17)8-10/h9-10,13H,4-8H2,1-3H3. The fourth-order valence-electron chi connectivity index (χ4n) is 2.38. The fraction of sp³-hybridized carbons (Fsp3) is 0.917. The van der Waals surface area contributed by atoms with Gasteiger partial charge in [-0.25, -0.2) is 13.2 Å². The van der Waals surface area contributed by atoms with E-state index in [0.717, 1.165) is 6.42 Å². The van der Waals surface area contributed by atoms with Gasteiger partial charge in [-0.3, -0.25) is 0 Å². The van der Waals surface area contributed by atoms with Gasteiger partial charge in [0.25, 0.3) is 0 Å². The molecule has 0 radical (unpaired) electrons. The quantitative estimate of drug-likeness (QED) is 0.796. The third kappa shape index (κ3) is 4.07. The van der Waals surface area contributed by atoms with E-state index in [2.05, 4.69) is 5.32 Å². The second kappa shape index (κ2) is 4.94. The minimum Gasteiger partial charge on any atom is -0.444 e. The van der Waals surface area contributed by atoms with Gasteiger partial charge < -0.3 is 15.0 Å². The molecule has 2 aliphatic rings. The second-order valence-electron chi connectivity index (χ2n) is 6.35. The van der Waals surface area contributed by atoms with Gasteiger partial charge in [0, 0.05) is 25.2 Å². The number of likely N-dealkylation sites (tertiary alicyclic amines) is 1. The van der Waals surface area contributed by atoms with Crippen LogP contribution in [0.3, 0.4) is 0 Å². The first-order chi connectivity index (χ1) is 8.65. The van der Waals surface area contributed by atoms with Crippen LogP contribution in [0.4, 0.5) is 4.79 Å². The first-order valence-corrected chi connectivity index (χ1v) is 8.41. The van der Waals surface area contributed by atoms with Crippen LogP contribution in [0.1, 0.15) is 27.2 Å². The molecule has 0 saturated carbocycles. The zero-order chi connectivity index (χ0) is 14.3. The summed E-state index contributed by atoms with van der Waals surface area (Å²) in [6.45, 7) is 6.78. The maximum Gasteiger partial charge on any atom is 0.410 e. The monoisotopic (exact) mass is 290 g/mol. The van der Waals surface area contributed by atoms with E-state index < -0.39 is 15.4 Å². The van der Waals surface area contributed by atoms with Gasteiger partial charge in [0.1, 0.15) is 5.60 Å². The van der Waals surface area contributed by atoms with E-state index in [-0.39, 0.29) is 29.7 Å². The molecule has 110 valence electrons. The normalized spacial score (nSPS) is 27.1. The molecule has 1 amide bonds. The van der Waals surface area contributed by atoms with Gasteiger partial charge in [0.05, 0.1) is 11.5 Å². The van der Waals surface area contributed by atoms with Gasteiger partial charge in [-0.1, -0.05) is 0 Å². The zero-order valence-corrected chi connectivity index (χ0v) is 12.5. The molecule has 19 heavy (non-hydrogen) atoms. The lowest BCUT2D eigenvalue weighted by atomic mass is 10.2. The van der Waals surface area contributed by atoms with Crippen LogP contribution < -0.4 is 5.32 Å². The molecule has 6 nitrogen and oxygen atoms in total. The van der Waals surface area contributed by atoms with Crippen LogP contribution in [-0.2, 0) is 14.6 Å². The molecule has 0 bridgehead atoms. The van der Waals surface area contributed by atoms with Crippen molar-refractivity contribution in [3.63, 3.8) is 0 Å². The smallest absolute Gasteiger partial charge is 0.410 e. The van der Waals surface area contributed by atoms with Crippen LogP contribution in [0.25, 0.3) is 0 Å². The van der Waals surface area contributed by atoms with Crippen molar-refractivity contribution in [2.45, 2.75) is 44.9 Å². The molecule has 2 rings (SSSR count). The van der Waals surface area contributed by atoms with Crippen molar-refractivity contribution in [2.75, 3.05) is 24.6 Å². The molecular weight excluding hydrogens is 268 g/mol. The summed E-state index contributed by atoms with van der Waals surface area (Å²) in [7, 11) is -2.79. The number of amides is 1. The van der Waals surface area contributed by atoms with Crippen LogP contribution in [0.2, 0.25) is 0 Å². The van der Waals surface area contributed by atoms with Crippen molar-refractivity contribution in [1.82, 2.24) is 10.2 Å². The maximum atomic E-state index is 11.9. The van der Waals surface area contributed by atoms with Crippen molar-refractivity contribution < 1.29 is 17.9 Å². The minimum atomic E-state index is -2.79. The zero-order valence-electron chi connectivity index (χ0n) is 11.7. The summed E-state index contributed by atoms with van der Waals surface area (Å²) in [4.78, 5) is 13.5. The summed E-state index contributed by atoms with van der Waals surface area (Å²) in [5.41, 5.74) is -0.481. The van der Waals surface area contributed by atoms with Crippen LogP contribution in [-0.4, -0.2) is 61.7 Å². The van der Waals surface area contributed by atoms with Crippen LogP contribution in [0, 0.1) is 0 Å². The molecule has 1 N–H and O–H groups in total. The van der Waals surface area contributed by atoms with E-state index >= 15 is 0 Å². The first-order valence-electron chi connectivity index (χ1n) is 6.59.